The summed E-state index contributed by atoms with van der Waals surface area (Å²) in [4.78, 5) is 2.52. The number of anilines is 1. The molecule has 5 heteroatoms. The number of fused-ring (bicyclic) bond motifs is 1. The second-order valence-electron chi connectivity index (χ2n) is 7.14. The second-order valence-corrected chi connectivity index (χ2v) is 7.58. The van der Waals surface area contributed by atoms with Crippen LogP contribution in [0.1, 0.15) is 44.3 Å². The topological polar surface area (TPSA) is 28.1 Å². The highest BCUT2D eigenvalue weighted by Crippen LogP contribution is 2.39. The van der Waals surface area contributed by atoms with E-state index in [9.17, 15) is 0 Å². The SMILES string of the molecule is CCCCOC1=NN(c2ccccc2)C(c2ccc(Cl)cc2)N2CCC[C@@H]12. The fraction of sp³-hybridized carbons (Fsp3) is 0.409. The lowest BCUT2D eigenvalue weighted by atomic mass is 10.1. The number of halogens is 1. The summed E-state index contributed by atoms with van der Waals surface area (Å²) in [6, 6.07) is 18.7. The molecule has 2 aromatic rings. The molecule has 0 bridgehead atoms. The van der Waals surface area contributed by atoms with E-state index in [1.807, 2.05) is 18.2 Å². The summed E-state index contributed by atoms with van der Waals surface area (Å²) < 4.78 is 6.14. The Morgan fingerprint density at radius 3 is 2.63 bits per heavy atom. The van der Waals surface area contributed by atoms with Gasteiger partial charge in [0.2, 0.25) is 5.90 Å². The first-order chi connectivity index (χ1) is 13.3. The van der Waals surface area contributed by atoms with Crippen LogP contribution in [-0.2, 0) is 4.74 Å². The van der Waals surface area contributed by atoms with Crippen LogP contribution in [0.25, 0.3) is 0 Å². The van der Waals surface area contributed by atoms with Crippen molar-refractivity contribution >= 4 is 23.2 Å². The van der Waals surface area contributed by atoms with Crippen LogP contribution < -0.4 is 5.01 Å². The van der Waals surface area contributed by atoms with Crippen LogP contribution >= 0.6 is 11.6 Å². The molecule has 27 heavy (non-hydrogen) atoms. The maximum Gasteiger partial charge on any atom is 0.224 e. The monoisotopic (exact) mass is 383 g/mol. The van der Waals surface area contributed by atoms with Crippen molar-refractivity contribution in [3.05, 3.63) is 65.2 Å². The lowest BCUT2D eigenvalue weighted by Gasteiger charge is -2.43. The average molecular weight is 384 g/mol. The van der Waals surface area contributed by atoms with Crippen molar-refractivity contribution in [3.63, 3.8) is 0 Å². The fourth-order valence-electron chi connectivity index (χ4n) is 3.91. The first kappa shape index (κ1) is 18.3. The van der Waals surface area contributed by atoms with Gasteiger partial charge in [0.05, 0.1) is 18.3 Å². The van der Waals surface area contributed by atoms with Gasteiger partial charge in [0.15, 0.2) is 0 Å². The van der Waals surface area contributed by atoms with Crippen LogP contribution in [0.2, 0.25) is 5.02 Å². The van der Waals surface area contributed by atoms with Gasteiger partial charge in [-0.25, -0.2) is 5.01 Å². The van der Waals surface area contributed by atoms with E-state index in [-0.39, 0.29) is 12.2 Å². The molecule has 2 atom stereocenters. The number of unbranched alkanes of at least 4 members (excludes halogenated alkanes) is 1. The molecule has 1 fully saturated rings. The minimum Gasteiger partial charge on any atom is -0.479 e. The Bertz CT molecular complexity index is 778. The third-order valence-electron chi connectivity index (χ3n) is 5.27. The largest absolute Gasteiger partial charge is 0.479 e. The summed E-state index contributed by atoms with van der Waals surface area (Å²) in [5.41, 5.74) is 2.27. The van der Waals surface area contributed by atoms with Crippen LogP contribution in [0.5, 0.6) is 0 Å². The van der Waals surface area contributed by atoms with Gasteiger partial charge in [-0.15, -0.1) is 5.10 Å². The Hall–Kier alpha value is -2.04. The molecule has 0 spiro atoms. The van der Waals surface area contributed by atoms with E-state index in [2.05, 4.69) is 53.2 Å². The van der Waals surface area contributed by atoms with Crippen molar-refractivity contribution in [1.82, 2.24) is 4.90 Å². The molecule has 1 unspecified atom stereocenters. The molecule has 2 aromatic carbocycles. The van der Waals surface area contributed by atoms with Gasteiger partial charge in [-0.2, -0.15) is 0 Å². The molecule has 2 heterocycles. The quantitative estimate of drug-likeness (QED) is 0.642. The van der Waals surface area contributed by atoms with Crippen LogP contribution in [0.4, 0.5) is 5.69 Å². The predicted molar refractivity (Wildman–Crippen MR) is 111 cm³/mol. The van der Waals surface area contributed by atoms with Gasteiger partial charge in [-0.05, 0) is 49.1 Å². The number of ether oxygens (including phenoxy) is 1. The average Bonchev–Trinajstić information content (AvgIpc) is 3.19. The third kappa shape index (κ3) is 3.83. The third-order valence-corrected chi connectivity index (χ3v) is 5.52. The molecule has 0 aromatic heterocycles. The van der Waals surface area contributed by atoms with Gasteiger partial charge < -0.3 is 4.74 Å². The van der Waals surface area contributed by atoms with E-state index < -0.39 is 0 Å². The highest BCUT2D eigenvalue weighted by Gasteiger charge is 2.43. The normalized spacial score (nSPS) is 22.4. The Morgan fingerprint density at radius 1 is 1.11 bits per heavy atom. The molecular weight excluding hydrogens is 358 g/mol. The Kier molecular flexibility index (Phi) is 5.65. The molecular formula is C22H26ClN3O. The maximum atomic E-state index is 6.14. The smallest absolute Gasteiger partial charge is 0.224 e. The van der Waals surface area contributed by atoms with E-state index >= 15 is 0 Å². The van der Waals surface area contributed by atoms with Gasteiger partial charge >= 0.3 is 0 Å². The molecule has 142 valence electrons. The number of hydrogen-bond acceptors (Lipinski definition) is 4. The number of rotatable bonds is 5. The summed E-state index contributed by atoms with van der Waals surface area (Å²) in [5.74, 6) is 0.856. The van der Waals surface area contributed by atoms with Crippen molar-refractivity contribution in [3.8, 4) is 0 Å². The molecule has 0 radical (unpaired) electrons. The molecule has 0 amide bonds. The summed E-state index contributed by atoms with van der Waals surface area (Å²) in [6.45, 7) is 3.95. The van der Waals surface area contributed by atoms with E-state index in [0.29, 0.717) is 0 Å². The molecule has 1 saturated heterocycles. The van der Waals surface area contributed by atoms with Gasteiger partial charge in [0.1, 0.15) is 6.17 Å². The van der Waals surface area contributed by atoms with Crippen molar-refractivity contribution < 1.29 is 4.74 Å². The van der Waals surface area contributed by atoms with E-state index in [1.54, 1.807) is 0 Å². The number of para-hydroxylation sites is 1. The number of benzene rings is 2. The number of nitrogens with zero attached hydrogens (tertiary/aromatic N) is 3. The molecule has 0 saturated carbocycles. The lowest BCUT2D eigenvalue weighted by molar-refractivity contribution is 0.159. The van der Waals surface area contributed by atoms with E-state index in [0.717, 1.165) is 55.4 Å². The van der Waals surface area contributed by atoms with E-state index in [1.165, 1.54) is 5.56 Å². The van der Waals surface area contributed by atoms with Gasteiger partial charge in [0, 0.05) is 11.6 Å². The molecule has 2 aliphatic heterocycles. The fourth-order valence-corrected chi connectivity index (χ4v) is 4.03. The van der Waals surface area contributed by atoms with Gasteiger partial charge in [-0.1, -0.05) is 55.3 Å². The second kappa shape index (κ2) is 8.32. The van der Waals surface area contributed by atoms with Crippen LogP contribution in [-0.4, -0.2) is 30.0 Å². The predicted octanol–water partition coefficient (Wildman–Crippen LogP) is 5.45. The van der Waals surface area contributed by atoms with Crippen molar-refractivity contribution in [2.45, 2.75) is 44.8 Å². The summed E-state index contributed by atoms with van der Waals surface area (Å²) in [7, 11) is 0. The summed E-state index contributed by atoms with van der Waals surface area (Å²) in [6.07, 6.45) is 4.48. The Balaban J connectivity index is 1.74. The highest BCUT2D eigenvalue weighted by molar-refractivity contribution is 6.30. The maximum absolute atomic E-state index is 6.14. The van der Waals surface area contributed by atoms with E-state index in [4.69, 9.17) is 21.4 Å². The lowest BCUT2D eigenvalue weighted by Crippen LogP contribution is -2.51. The highest BCUT2D eigenvalue weighted by atomic mass is 35.5. The standard InChI is InChI=1S/C22H26ClN3O/c1-2-3-16-27-21-20-10-7-15-25(20)22(17-11-13-18(23)14-12-17)26(24-21)19-8-5-4-6-9-19/h4-6,8-9,11-14,20,22H,2-3,7,10,15-16H2,1H3/t20-,22?/m0/s1. The zero-order valence-corrected chi connectivity index (χ0v) is 16.5. The minimum atomic E-state index is 0.0516. The first-order valence-corrected chi connectivity index (χ1v) is 10.2. The van der Waals surface area contributed by atoms with Crippen molar-refractivity contribution in [2.75, 3.05) is 18.2 Å². The number of hydrazone groups is 1. The van der Waals surface area contributed by atoms with Crippen molar-refractivity contribution in [1.29, 1.82) is 0 Å². The van der Waals surface area contributed by atoms with Gasteiger partial charge in [0.25, 0.3) is 0 Å². The molecule has 0 N–H and O–H groups in total. The van der Waals surface area contributed by atoms with Crippen molar-refractivity contribution in [2.24, 2.45) is 5.10 Å². The Labute approximate surface area is 166 Å². The minimum absolute atomic E-state index is 0.0516. The van der Waals surface area contributed by atoms with Gasteiger partial charge in [-0.3, -0.25) is 4.90 Å². The zero-order chi connectivity index (χ0) is 18.6. The Morgan fingerprint density at radius 2 is 1.89 bits per heavy atom. The summed E-state index contributed by atoms with van der Waals surface area (Å²) in [5, 5.41) is 7.86. The van der Waals surface area contributed by atoms with Crippen LogP contribution in [0.15, 0.2) is 59.7 Å². The molecule has 2 aliphatic rings. The zero-order valence-electron chi connectivity index (χ0n) is 15.7. The number of hydrogen-bond donors (Lipinski definition) is 0. The first-order valence-electron chi connectivity index (χ1n) is 9.84. The summed E-state index contributed by atoms with van der Waals surface area (Å²) >= 11 is 6.13. The van der Waals surface area contributed by atoms with Crippen LogP contribution in [0.3, 0.4) is 0 Å². The molecule has 4 nitrogen and oxygen atoms in total. The van der Waals surface area contributed by atoms with Crippen LogP contribution in [0, 0.1) is 0 Å². The molecule has 0 aliphatic carbocycles. The molecule has 4 rings (SSSR count).